The average Bonchev–Trinajstić information content (AvgIpc) is 3.51. The number of thiophene rings is 1. The largest absolute Gasteiger partial charge is 0.497 e. The number of aromatic amines is 1. The molecule has 5 rings (SSSR count). The molecule has 3 aromatic heterocycles. The molecule has 142 valence electrons. The van der Waals surface area contributed by atoms with Crippen molar-refractivity contribution in [2.75, 3.05) is 20.2 Å². The lowest BCUT2D eigenvalue weighted by Crippen LogP contribution is -2.28. The smallest absolute Gasteiger partial charge is 0.270 e. The van der Waals surface area contributed by atoms with Crippen molar-refractivity contribution in [2.24, 2.45) is 0 Å². The zero-order valence-electron chi connectivity index (χ0n) is 15.2. The lowest BCUT2D eigenvalue weighted by Gasteiger charge is -2.14. The Hall–Kier alpha value is -3.13. The van der Waals surface area contributed by atoms with E-state index in [1.165, 1.54) is 0 Å². The number of nitrogens with zero attached hydrogens (tertiary/aromatic N) is 3. The van der Waals surface area contributed by atoms with E-state index in [0.717, 1.165) is 28.0 Å². The molecule has 1 aliphatic heterocycles. The van der Waals surface area contributed by atoms with Gasteiger partial charge in [-0.15, -0.1) is 11.3 Å². The fraction of sp³-hybridized carbons (Fsp3) is 0.250. The fourth-order valence-electron chi connectivity index (χ4n) is 3.58. The van der Waals surface area contributed by atoms with Crippen molar-refractivity contribution < 1.29 is 14.1 Å². The zero-order chi connectivity index (χ0) is 19.1. The number of rotatable bonds is 4. The first-order valence-corrected chi connectivity index (χ1v) is 9.93. The quantitative estimate of drug-likeness (QED) is 0.567. The first kappa shape index (κ1) is 17.0. The number of aromatic nitrogens is 3. The van der Waals surface area contributed by atoms with Crippen LogP contribution in [0.2, 0.25) is 0 Å². The van der Waals surface area contributed by atoms with Gasteiger partial charge in [-0.05, 0) is 36.1 Å². The molecule has 1 saturated heterocycles. The number of fused-ring (bicyclic) bond motifs is 1. The van der Waals surface area contributed by atoms with Crippen LogP contribution < -0.4 is 4.74 Å². The van der Waals surface area contributed by atoms with Crippen LogP contribution in [0, 0.1) is 0 Å². The molecule has 7 nitrogen and oxygen atoms in total. The van der Waals surface area contributed by atoms with Crippen LogP contribution in [0.5, 0.6) is 5.75 Å². The van der Waals surface area contributed by atoms with Crippen molar-refractivity contribution in [3.05, 3.63) is 53.3 Å². The van der Waals surface area contributed by atoms with Crippen LogP contribution in [0.15, 0.2) is 46.3 Å². The summed E-state index contributed by atoms with van der Waals surface area (Å²) >= 11 is 1.57. The van der Waals surface area contributed by atoms with Gasteiger partial charge in [-0.3, -0.25) is 4.79 Å². The van der Waals surface area contributed by atoms with Gasteiger partial charge in [0.15, 0.2) is 5.82 Å². The number of amides is 1. The lowest BCUT2D eigenvalue weighted by molar-refractivity contribution is 0.0785. The summed E-state index contributed by atoms with van der Waals surface area (Å²) in [6, 6.07) is 11.5. The third-order valence-electron chi connectivity index (χ3n) is 5.07. The third-order valence-corrected chi connectivity index (χ3v) is 5.93. The molecule has 0 saturated carbocycles. The second-order valence-corrected chi connectivity index (χ2v) is 7.76. The molecule has 1 N–H and O–H groups in total. The van der Waals surface area contributed by atoms with Gasteiger partial charge in [0.2, 0.25) is 0 Å². The van der Waals surface area contributed by atoms with Crippen molar-refractivity contribution in [1.82, 2.24) is 20.0 Å². The summed E-state index contributed by atoms with van der Waals surface area (Å²) in [5.74, 6) is 2.04. The molecule has 0 radical (unpaired) electrons. The minimum Gasteiger partial charge on any atom is -0.497 e. The summed E-state index contributed by atoms with van der Waals surface area (Å²) in [5, 5.41) is 7.10. The highest BCUT2D eigenvalue weighted by Crippen LogP contribution is 2.30. The topological polar surface area (TPSA) is 84.2 Å². The van der Waals surface area contributed by atoms with Crippen LogP contribution >= 0.6 is 11.3 Å². The van der Waals surface area contributed by atoms with Crippen molar-refractivity contribution >= 4 is 28.1 Å². The maximum Gasteiger partial charge on any atom is 0.270 e. The fourth-order valence-corrected chi connectivity index (χ4v) is 4.22. The lowest BCUT2D eigenvalue weighted by atomic mass is 10.1. The molecule has 0 bridgehead atoms. The second kappa shape index (κ2) is 6.79. The van der Waals surface area contributed by atoms with Gasteiger partial charge >= 0.3 is 0 Å². The maximum atomic E-state index is 12.9. The number of ether oxygens (including phenoxy) is 1. The minimum absolute atomic E-state index is 0.0142. The average molecular weight is 394 g/mol. The molecule has 28 heavy (non-hydrogen) atoms. The van der Waals surface area contributed by atoms with Crippen LogP contribution in [-0.2, 0) is 0 Å². The molecule has 0 spiro atoms. The highest BCUT2D eigenvalue weighted by Gasteiger charge is 2.31. The Balaban J connectivity index is 1.32. The number of methoxy groups -OCH3 is 1. The van der Waals surface area contributed by atoms with E-state index >= 15 is 0 Å². The SMILES string of the molecule is COc1ccc2cc(C(=O)N3CC[C@H](c4noc(-c5cccs5)n4)C3)[nH]c2c1. The molecular formula is C20H18N4O3S. The molecular weight excluding hydrogens is 376 g/mol. The van der Waals surface area contributed by atoms with Gasteiger partial charge in [0.25, 0.3) is 11.8 Å². The monoisotopic (exact) mass is 394 g/mol. The van der Waals surface area contributed by atoms with E-state index in [-0.39, 0.29) is 11.8 Å². The van der Waals surface area contributed by atoms with Crippen LogP contribution in [0.1, 0.15) is 28.7 Å². The Kier molecular flexibility index (Phi) is 4.12. The summed E-state index contributed by atoms with van der Waals surface area (Å²) in [7, 11) is 1.63. The molecule has 0 aliphatic carbocycles. The molecule has 1 fully saturated rings. The number of H-pyrrole nitrogens is 1. The molecule has 0 unspecified atom stereocenters. The predicted molar refractivity (Wildman–Crippen MR) is 106 cm³/mol. The van der Waals surface area contributed by atoms with Crippen LogP contribution in [0.4, 0.5) is 0 Å². The van der Waals surface area contributed by atoms with Gasteiger partial charge in [-0.2, -0.15) is 4.98 Å². The Bertz CT molecular complexity index is 1130. The number of benzene rings is 1. The molecule has 4 aromatic rings. The van der Waals surface area contributed by atoms with E-state index in [0.29, 0.717) is 30.5 Å². The van der Waals surface area contributed by atoms with E-state index in [1.807, 2.05) is 46.7 Å². The molecule has 4 heterocycles. The minimum atomic E-state index is -0.0142. The number of carbonyl (C=O) groups is 1. The molecule has 8 heteroatoms. The van der Waals surface area contributed by atoms with Crippen molar-refractivity contribution in [2.45, 2.75) is 12.3 Å². The van der Waals surface area contributed by atoms with E-state index in [4.69, 9.17) is 9.26 Å². The van der Waals surface area contributed by atoms with E-state index in [1.54, 1.807) is 18.4 Å². The predicted octanol–water partition coefficient (Wildman–Crippen LogP) is 3.92. The standard InChI is InChI=1S/C20H18N4O3S/c1-26-14-5-4-12-9-16(21-15(12)10-14)20(25)24-7-6-13(11-24)18-22-19(27-23-18)17-3-2-8-28-17/h2-5,8-10,13,21H,6-7,11H2,1H3/t13-/m0/s1. The van der Waals surface area contributed by atoms with Crippen molar-refractivity contribution in [3.63, 3.8) is 0 Å². The van der Waals surface area contributed by atoms with E-state index in [2.05, 4.69) is 15.1 Å². The Morgan fingerprint density at radius 3 is 3.11 bits per heavy atom. The summed E-state index contributed by atoms with van der Waals surface area (Å²) in [4.78, 5) is 23.5. The van der Waals surface area contributed by atoms with Gasteiger partial charge < -0.3 is 19.1 Å². The normalized spacial score (nSPS) is 16.8. The molecule has 1 atom stereocenters. The van der Waals surface area contributed by atoms with E-state index < -0.39 is 0 Å². The van der Waals surface area contributed by atoms with Crippen LogP contribution in [0.25, 0.3) is 21.7 Å². The first-order chi connectivity index (χ1) is 13.7. The molecule has 1 aliphatic rings. The second-order valence-electron chi connectivity index (χ2n) is 6.81. The Morgan fingerprint density at radius 2 is 2.29 bits per heavy atom. The highest BCUT2D eigenvalue weighted by molar-refractivity contribution is 7.13. The molecule has 1 aromatic carbocycles. The number of hydrogen-bond donors (Lipinski definition) is 1. The van der Waals surface area contributed by atoms with Crippen molar-refractivity contribution in [1.29, 1.82) is 0 Å². The number of nitrogens with one attached hydrogen (secondary N) is 1. The number of hydrogen-bond acceptors (Lipinski definition) is 6. The third kappa shape index (κ3) is 2.95. The summed E-state index contributed by atoms with van der Waals surface area (Å²) in [5.41, 5.74) is 1.47. The van der Waals surface area contributed by atoms with Gasteiger partial charge in [0.1, 0.15) is 11.4 Å². The van der Waals surface area contributed by atoms with Crippen LogP contribution in [0.3, 0.4) is 0 Å². The number of carbonyl (C=O) groups excluding carboxylic acids is 1. The van der Waals surface area contributed by atoms with Crippen molar-refractivity contribution in [3.8, 4) is 16.5 Å². The first-order valence-electron chi connectivity index (χ1n) is 9.05. The van der Waals surface area contributed by atoms with Gasteiger partial charge in [-0.1, -0.05) is 11.2 Å². The summed E-state index contributed by atoms with van der Waals surface area (Å²) in [6.45, 7) is 1.26. The van der Waals surface area contributed by atoms with Gasteiger partial charge in [0, 0.05) is 36.0 Å². The number of likely N-dealkylation sites (tertiary alicyclic amines) is 1. The molecule has 1 amide bonds. The van der Waals surface area contributed by atoms with Crippen LogP contribution in [-0.4, -0.2) is 46.1 Å². The maximum absolute atomic E-state index is 12.9. The summed E-state index contributed by atoms with van der Waals surface area (Å²) in [6.07, 6.45) is 0.823. The van der Waals surface area contributed by atoms with Gasteiger partial charge in [-0.25, -0.2) is 0 Å². The Morgan fingerprint density at radius 1 is 1.36 bits per heavy atom. The Labute approximate surface area is 164 Å². The van der Waals surface area contributed by atoms with Gasteiger partial charge in [0.05, 0.1) is 12.0 Å². The van der Waals surface area contributed by atoms with E-state index in [9.17, 15) is 4.79 Å². The summed E-state index contributed by atoms with van der Waals surface area (Å²) < 4.78 is 10.6. The highest BCUT2D eigenvalue weighted by atomic mass is 32.1. The zero-order valence-corrected chi connectivity index (χ0v) is 16.0.